The minimum absolute atomic E-state index is 0.0265. The summed E-state index contributed by atoms with van der Waals surface area (Å²) in [6.07, 6.45) is 3.43. The van der Waals surface area contributed by atoms with Crippen LogP contribution in [0.5, 0.6) is 0 Å². The zero-order chi connectivity index (χ0) is 16.6. The van der Waals surface area contributed by atoms with Gasteiger partial charge < -0.3 is 15.4 Å². The van der Waals surface area contributed by atoms with Crippen LogP contribution in [0.25, 0.3) is 0 Å². The molecule has 0 aromatic carbocycles. The summed E-state index contributed by atoms with van der Waals surface area (Å²) in [6, 6.07) is 0. The number of carbonyl (C=O) groups excluding carboxylic acids is 2. The number of fused-ring (bicyclic) bond motifs is 1. The lowest BCUT2D eigenvalue weighted by Gasteiger charge is -2.17. The average Bonchev–Trinajstić information content (AvgIpc) is 3.18. The maximum Gasteiger partial charge on any atom is 0.436 e. The molecule has 2 aliphatic rings. The highest BCUT2D eigenvalue weighted by molar-refractivity contribution is 5.94. The van der Waals surface area contributed by atoms with Crippen molar-refractivity contribution >= 4 is 17.8 Å². The van der Waals surface area contributed by atoms with Crippen LogP contribution in [-0.2, 0) is 21.6 Å². The Hall–Kier alpha value is -1.89. The van der Waals surface area contributed by atoms with Gasteiger partial charge in [0.2, 0.25) is 5.91 Å². The standard InChI is InChI=1S/C16H24N4O3/c1-4-23-15(22)20-13(18-14(21)10-7-5-6-8-10)11-9-17-16(2,3)12(11)19-20/h10,17H,4-9H2,1-3H3,(H,18,21). The van der Waals surface area contributed by atoms with Gasteiger partial charge in [-0.25, -0.2) is 4.79 Å². The molecule has 7 nitrogen and oxygen atoms in total. The molecule has 3 rings (SSSR count). The molecule has 1 aromatic heterocycles. The number of aromatic nitrogens is 2. The first-order valence-electron chi connectivity index (χ1n) is 8.29. The second kappa shape index (κ2) is 5.96. The Morgan fingerprint density at radius 2 is 2.09 bits per heavy atom. The minimum Gasteiger partial charge on any atom is -0.448 e. The number of anilines is 1. The molecule has 23 heavy (non-hydrogen) atoms. The Balaban J connectivity index is 1.93. The summed E-state index contributed by atoms with van der Waals surface area (Å²) in [7, 11) is 0. The summed E-state index contributed by atoms with van der Waals surface area (Å²) in [4.78, 5) is 24.7. The van der Waals surface area contributed by atoms with Gasteiger partial charge in [-0.2, -0.15) is 5.10 Å². The van der Waals surface area contributed by atoms with Crippen LogP contribution in [0.2, 0.25) is 0 Å². The summed E-state index contributed by atoms with van der Waals surface area (Å²) in [6.45, 7) is 6.59. The SMILES string of the molecule is CCOC(=O)n1nc2c(c1NC(=O)C1CCCC1)CNC2(C)C. The van der Waals surface area contributed by atoms with Gasteiger partial charge in [-0.1, -0.05) is 12.8 Å². The van der Waals surface area contributed by atoms with Crippen molar-refractivity contribution in [1.82, 2.24) is 15.1 Å². The van der Waals surface area contributed by atoms with Crippen molar-refractivity contribution in [3.8, 4) is 0 Å². The quantitative estimate of drug-likeness (QED) is 0.893. The van der Waals surface area contributed by atoms with Crippen LogP contribution in [0.15, 0.2) is 0 Å². The molecule has 1 fully saturated rings. The van der Waals surface area contributed by atoms with E-state index in [2.05, 4.69) is 15.7 Å². The Kier molecular flexibility index (Phi) is 4.14. The Morgan fingerprint density at radius 1 is 1.39 bits per heavy atom. The third-order valence-electron chi connectivity index (χ3n) is 4.69. The first kappa shape index (κ1) is 16.0. The molecule has 1 aliphatic carbocycles. The fourth-order valence-corrected chi connectivity index (χ4v) is 3.36. The predicted octanol–water partition coefficient (Wildman–Crippen LogP) is 2.35. The molecule has 0 saturated heterocycles. The third kappa shape index (κ3) is 2.85. The number of ether oxygens (including phenoxy) is 1. The molecule has 1 aromatic rings. The van der Waals surface area contributed by atoms with Gasteiger partial charge >= 0.3 is 6.09 Å². The van der Waals surface area contributed by atoms with Crippen LogP contribution in [0.3, 0.4) is 0 Å². The van der Waals surface area contributed by atoms with Gasteiger partial charge in [-0.3, -0.25) is 4.79 Å². The van der Waals surface area contributed by atoms with Gasteiger partial charge in [0.1, 0.15) is 5.82 Å². The highest BCUT2D eigenvalue weighted by Crippen LogP contribution is 2.35. The van der Waals surface area contributed by atoms with Crippen molar-refractivity contribution in [3.05, 3.63) is 11.3 Å². The molecule has 2 heterocycles. The molecule has 0 radical (unpaired) electrons. The summed E-state index contributed by atoms with van der Waals surface area (Å²) in [5.74, 6) is 0.451. The topological polar surface area (TPSA) is 85.2 Å². The number of nitrogens with one attached hydrogen (secondary N) is 2. The van der Waals surface area contributed by atoms with Crippen LogP contribution >= 0.6 is 0 Å². The number of hydrogen-bond acceptors (Lipinski definition) is 5. The maximum atomic E-state index is 12.5. The van der Waals surface area contributed by atoms with Crippen molar-refractivity contribution in [1.29, 1.82) is 0 Å². The van der Waals surface area contributed by atoms with E-state index in [0.29, 0.717) is 12.4 Å². The first-order chi connectivity index (χ1) is 10.9. The molecule has 1 amide bonds. The molecular weight excluding hydrogens is 296 g/mol. The molecule has 1 saturated carbocycles. The van der Waals surface area contributed by atoms with Crippen molar-refractivity contribution in [2.75, 3.05) is 11.9 Å². The van der Waals surface area contributed by atoms with E-state index in [0.717, 1.165) is 36.9 Å². The normalized spacial score (nSPS) is 19.6. The van der Waals surface area contributed by atoms with Gasteiger partial charge in [0.25, 0.3) is 0 Å². The zero-order valence-electron chi connectivity index (χ0n) is 13.9. The molecule has 7 heteroatoms. The lowest BCUT2D eigenvalue weighted by atomic mass is 10.0. The summed E-state index contributed by atoms with van der Waals surface area (Å²) in [5.41, 5.74) is 1.32. The zero-order valence-corrected chi connectivity index (χ0v) is 13.9. The fourth-order valence-electron chi connectivity index (χ4n) is 3.36. The number of hydrogen-bond donors (Lipinski definition) is 2. The van der Waals surface area contributed by atoms with E-state index in [1.165, 1.54) is 4.68 Å². The largest absolute Gasteiger partial charge is 0.448 e. The number of nitrogens with zero attached hydrogens (tertiary/aromatic N) is 2. The third-order valence-corrected chi connectivity index (χ3v) is 4.69. The second-order valence-corrected chi connectivity index (χ2v) is 6.74. The van der Waals surface area contributed by atoms with Gasteiger partial charge in [0, 0.05) is 18.0 Å². The summed E-state index contributed by atoms with van der Waals surface area (Å²) in [5, 5.41) is 10.7. The highest BCUT2D eigenvalue weighted by atomic mass is 16.6. The lowest BCUT2D eigenvalue weighted by molar-refractivity contribution is -0.119. The van der Waals surface area contributed by atoms with E-state index in [-0.39, 0.29) is 24.0 Å². The monoisotopic (exact) mass is 320 g/mol. The Morgan fingerprint density at radius 3 is 2.74 bits per heavy atom. The molecule has 0 unspecified atom stereocenters. The van der Waals surface area contributed by atoms with Gasteiger partial charge in [-0.05, 0) is 33.6 Å². The predicted molar refractivity (Wildman–Crippen MR) is 85.1 cm³/mol. The van der Waals surface area contributed by atoms with E-state index in [1.807, 2.05) is 13.8 Å². The molecule has 0 spiro atoms. The molecule has 0 bridgehead atoms. The number of amides is 1. The fraction of sp³-hybridized carbons (Fsp3) is 0.688. The van der Waals surface area contributed by atoms with Crippen molar-refractivity contribution in [2.24, 2.45) is 5.92 Å². The Bertz CT molecular complexity index is 630. The lowest BCUT2D eigenvalue weighted by Crippen LogP contribution is -2.31. The van der Waals surface area contributed by atoms with Crippen molar-refractivity contribution in [3.63, 3.8) is 0 Å². The molecule has 1 aliphatic heterocycles. The van der Waals surface area contributed by atoms with E-state index < -0.39 is 6.09 Å². The molecule has 0 atom stereocenters. The van der Waals surface area contributed by atoms with Crippen LogP contribution in [0.1, 0.15) is 57.7 Å². The summed E-state index contributed by atoms with van der Waals surface area (Å²) < 4.78 is 6.27. The van der Waals surface area contributed by atoms with Crippen molar-refractivity contribution in [2.45, 2.75) is 58.5 Å². The van der Waals surface area contributed by atoms with E-state index in [1.54, 1.807) is 6.92 Å². The average molecular weight is 320 g/mol. The molecule has 2 N–H and O–H groups in total. The van der Waals surface area contributed by atoms with E-state index >= 15 is 0 Å². The van der Waals surface area contributed by atoms with Crippen molar-refractivity contribution < 1.29 is 14.3 Å². The summed E-state index contributed by atoms with van der Waals surface area (Å²) >= 11 is 0. The van der Waals surface area contributed by atoms with Crippen LogP contribution < -0.4 is 10.6 Å². The first-order valence-corrected chi connectivity index (χ1v) is 8.29. The number of rotatable bonds is 3. The number of carbonyl (C=O) groups is 2. The van der Waals surface area contributed by atoms with E-state index in [9.17, 15) is 9.59 Å². The van der Waals surface area contributed by atoms with Gasteiger partial charge in [-0.15, -0.1) is 4.68 Å². The van der Waals surface area contributed by atoms with Crippen LogP contribution in [-0.4, -0.2) is 28.4 Å². The van der Waals surface area contributed by atoms with Crippen LogP contribution in [0.4, 0.5) is 10.6 Å². The molecular formula is C16H24N4O3. The van der Waals surface area contributed by atoms with Crippen LogP contribution in [0, 0.1) is 5.92 Å². The van der Waals surface area contributed by atoms with Gasteiger partial charge in [0.05, 0.1) is 17.8 Å². The highest BCUT2D eigenvalue weighted by Gasteiger charge is 2.38. The second-order valence-electron chi connectivity index (χ2n) is 6.74. The smallest absolute Gasteiger partial charge is 0.436 e. The minimum atomic E-state index is -0.556. The maximum absolute atomic E-state index is 12.5. The van der Waals surface area contributed by atoms with Gasteiger partial charge in [0.15, 0.2) is 0 Å². The molecule has 126 valence electrons. The Labute approximate surface area is 135 Å². The van der Waals surface area contributed by atoms with E-state index in [4.69, 9.17) is 4.74 Å².